The number of carbonyl (C=O) groups is 1. The van der Waals surface area contributed by atoms with E-state index in [4.69, 9.17) is 5.73 Å². The molecule has 4 aromatic heterocycles. The van der Waals surface area contributed by atoms with Crippen LogP contribution in [0.4, 0.5) is 15.9 Å². The fraction of sp³-hybridized carbons (Fsp3) is 0.292. The van der Waals surface area contributed by atoms with E-state index < -0.39 is 17.4 Å². The Morgan fingerprint density at radius 1 is 1.26 bits per heavy atom. The van der Waals surface area contributed by atoms with Gasteiger partial charge in [-0.15, -0.1) is 0 Å². The minimum atomic E-state index is -0.717. The van der Waals surface area contributed by atoms with Gasteiger partial charge in [-0.25, -0.2) is 9.50 Å². The van der Waals surface area contributed by atoms with Crippen LogP contribution in [0.1, 0.15) is 35.2 Å². The summed E-state index contributed by atoms with van der Waals surface area (Å²) in [5, 5.41) is 21.4. The molecule has 5 heterocycles. The van der Waals surface area contributed by atoms with Crippen molar-refractivity contribution >= 4 is 22.9 Å². The first-order valence-electron chi connectivity index (χ1n) is 11.3. The zero-order valence-electron chi connectivity index (χ0n) is 18.9. The van der Waals surface area contributed by atoms with Crippen LogP contribution in [0.25, 0.3) is 5.52 Å². The molecule has 0 radical (unpaired) electrons. The van der Waals surface area contributed by atoms with E-state index in [0.717, 1.165) is 30.7 Å². The average Bonchev–Trinajstić information content (AvgIpc) is 3.47. The number of nitrogens with two attached hydrogens (primary N) is 1. The van der Waals surface area contributed by atoms with E-state index in [-0.39, 0.29) is 23.5 Å². The molecule has 1 fully saturated rings. The number of pyridine rings is 2. The quantitative estimate of drug-likeness (QED) is 0.395. The van der Waals surface area contributed by atoms with Crippen LogP contribution in [-0.2, 0) is 12.1 Å². The van der Waals surface area contributed by atoms with Crippen molar-refractivity contribution in [1.82, 2.24) is 29.3 Å². The highest BCUT2D eigenvalue weighted by molar-refractivity contribution is 5.98. The third-order valence-electron chi connectivity index (χ3n) is 6.57. The molecule has 0 spiro atoms. The van der Waals surface area contributed by atoms with Crippen LogP contribution < -0.4 is 11.1 Å². The number of hydrogen-bond donors (Lipinski definition) is 2. The first-order chi connectivity index (χ1) is 17.0. The second-order valence-corrected chi connectivity index (χ2v) is 8.70. The van der Waals surface area contributed by atoms with Crippen molar-refractivity contribution in [2.75, 3.05) is 18.4 Å². The molecule has 0 aliphatic carbocycles. The number of amides is 1. The minimum absolute atomic E-state index is 0.0813. The number of likely N-dealkylation sites (tertiary alicyclic amines) is 1. The summed E-state index contributed by atoms with van der Waals surface area (Å²) < 4.78 is 17.6. The van der Waals surface area contributed by atoms with E-state index in [9.17, 15) is 14.4 Å². The van der Waals surface area contributed by atoms with Crippen LogP contribution in [0.5, 0.6) is 0 Å². The summed E-state index contributed by atoms with van der Waals surface area (Å²) in [6.45, 7) is 2.21. The topological polar surface area (TPSA) is 130 Å². The Morgan fingerprint density at radius 3 is 2.83 bits per heavy atom. The van der Waals surface area contributed by atoms with Gasteiger partial charge in [-0.1, -0.05) is 6.07 Å². The number of nitriles is 1. The number of halogens is 1. The van der Waals surface area contributed by atoms with Crippen molar-refractivity contribution in [1.29, 1.82) is 5.26 Å². The molecule has 1 aliphatic rings. The lowest BCUT2D eigenvalue weighted by Crippen LogP contribution is -2.46. The number of hydrogen-bond acceptors (Lipinski definition) is 7. The molecule has 1 amide bonds. The van der Waals surface area contributed by atoms with Gasteiger partial charge in [0.1, 0.15) is 5.56 Å². The van der Waals surface area contributed by atoms with Gasteiger partial charge in [-0.2, -0.15) is 19.8 Å². The van der Waals surface area contributed by atoms with Gasteiger partial charge in [0.2, 0.25) is 5.95 Å². The Hall–Kier alpha value is -4.30. The lowest BCUT2D eigenvalue weighted by Gasteiger charge is -2.40. The SMILES string of the molecule is N#CCC1(n2cc(C(N)=O)c(Nc3cccnc3F)n2)CCN(Cc2cnn3ccccc23)CC1. The van der Waals surface area contributed by atoms with Gasteiger partial charge in [0.15, 0.2) is 5.82 Å². The van der Waals surface area contributed by atoms with Gasteiger partial charge in [0.05, 0.1) is 35.4 Å². The molecule has 0 saturated carbocycles. The van der Waals surface area contributed by atoms with Crippen molar-refractivity contribution in [2.45, 2.75) is 31.3 Å². The van der Waals surface area contributed by atoms with E-state index in [1.54, 1.807) is 16.9 Å². The normalized spacial score (nSPS) is 15.7. The van der Waals surface area contributed by atoms with Crippen molar-refractivity contribution in [2.24, 2.45) is 5.73 Å². The first-order valence-corrected chi connectivity index (χ1v) is 11.3. The number of anilines is 2. The minimum Gasteiger partial charge on any atom is -0.365 e. The largest absolute Gasteiger partial charge is 0.365 e. The molecule has 0 unspecified atom stereocenters. The first kappa shape index (κ1) is 22.5. The third kappa shape index (κ3) is 4.31. The number of fused-ring (bicyclic) bond motifs is 1. The fourth-order valence-corrected chi connectivity index (χ4v) is 4.61. The number of nitrogens with zero attached hydrogens (tertiary/aromatic N) is 7. The van der Waals surface area contributed by atoms with Crippen LogP contribution in [-0.4, -0.2) is 48.3 Å². The maximum Gasteiger partial charge on any atom is 0.254 e. The lowest BCUT2D eigenvalue weighted by atomic mass is 9.84. The summed E-state index contributed by atoms with van der Waals surface area (Å²) in [6, 6.07) is 11.3. The van der Waals surface area contributed by atoms with E-state index in [1.165, 1.54) is 12.3 Å². The van der Waals surface area contributed by atoms with Crippen molar-refractivity contribution < 1.29 is 9.18 Å². The zero-order chi connectivity index (χ0) is 24.4. The number of primary amides is 1. The Morgan fingerprint density at radius 2 is 2.09 bits per heavy atom. The van der Waals surface area contributed by atoms with Gasteiger partial charge < -0.3 is 11.1 Å². The van der Waals surface area contributed by atoms with E-state index in [0.29, 0.717) is 12.8 Å². The van der Waals surface area contributed by atoms with E-state index in [2.05, 4.69) is 31.5 Å². The van der Waals surface area contributed by atoms with Gasteiger partial charge in [0.25, 0.3) is 5.91 Å². The monoisotopic (exact) mass is 473 g/mol. The number of nitrogens with one attached hydrogen (secondary N) is 1. The summed E-state index contributed by atoms with van der Waals surface area (Å²) >= 11 is 0. The number of aromatic nitrogens is 5. The molecule has 35 heavy (non-hydrogen) atoms. The van der Waals surface area contributed by atoms with Crippen LogP contribution >= 0.6 is 0 Å². The highest BCUT2D eigenvalue weighted by Gasteiger charge is 2.38. The van der Waals surface area contributed by atoms with Crippen molar-refractivity contribution in [3.8, 4) is 6.07 Å². The second-order valence-electron chi connectivity index (χ2n) is 8.70. The molecule has 0 aromatic carbocycles. The van der Waals surface area contributed by atoms with E-state index >= 15 is 0 Å². The second kappa shape index (κ2) is 9.15. The zero-order valence-corrected chi connectivity index (χ0v) is 18.9. The summed E-state index contributed by atoms with van der Waals surface area (Å²) in [5.74, 6) is -1.28. The Bertz CT molecular complexity index is 1410. The molecule has 0 atom stereocenters. The molecule has 4 aromatic rings. The number of piperidine rings is 1. The molecule has 10 nitrogen and oxygen atoms in total. The van der Waals surface area contributed by atoms with Gasteiger partial charge >= 0.3 is 0 Å². The molecular weight excluding hydrogens is 449 g/mol. The summed E-state index contributed by atoms with van der Waals surface area (Å²) in [7, 11) is 0. The summed E-state index contributed by atoms with van der Waals surface area (Å²) in [6.07, 6.45) is 8.21. The van der Waals surface area contributed by atoms with Gasteiger partial charge in [0, 0.05) is 43.8 Å². The molecule has 1 aliphatic heterocycles. The van der Waals surface area contributed by atoms with Gasteiger partial charge in [-0.3, -0.25) is 14.4 Å². The third-order valence-corrected chi connectivity index (χ3v) is 6.57. The summed E-state index contributed by atoms with van der Waals surface area (Å²) in [4.78, 5) is 18.1. The lowest BCUT2D eigenvalue weighted by molar-refractivity contribution is 0.0969. The van der Waals surface area contributed by atoms with Crippen molar-refractivity contribution in [3.63, 3.8) is 0 Å². The molecular formula is C24H24FN9O. The average molecular weight is 474 g/mol. The predicted molar refractivity (Wildman–Crippen MR) is 126 cm³/mol. The Labute approximate surface area is 200 Å². The highest BCUT2D eigenvalue weighted by Crippen LogP contribution is 2.35. The highest BCUT2D eigenvalue weighted by atomic mass is 19.1. The maximum atomic E-state index is 14.1. The van der Waals surface area contributed by atoms with E-state index in [1.807, 2.05) is 35.1 Å². The number of rotatable bonds is 7. The van der Waals surface area contributed by atoms with Crippen LogP contribution in [0.15, 0.2) is 55.1 Å². The Kier molecular flexibility index (Phi) is 5.88. The molecule has 3 N–H and O–H groups in total. The number of carbonyl (C=O) groups excluding carboxylic acids is 1. The van der Waals surface area contributed by atoms with Crippen LogP contribution in [0.2, 0.25) is 0 Å². The molecule has 0 bridgehead atoms. The molecule has 178 valence electrons. The van der Waals surface area contributed by atoms with Crippen LogP contribution in [0.3, 0.4) is 0 Å². The van der Waals surface area contributed by atoms with Crippen molar-refractivity contribution in [3.05, 3.63) is 72.2 Å². The van der Waals surface area contributed by atoms with Gasteiger partial charge in [-0.05, 0) is 37.1 Å². The standard InChI is InChI=1S/C24H24FN9O/c25-21-19(4-3-10-28-21)30-23-18(22(27)35)16-34(31-23)24(6-9-26)7-12-32(13-8-24)15-17-14-29-33-11-2-1-5-20(17)33/h1-5,10-11,14,16H,6-8,12-13,15H2,(H2,27,35)(H,30,31). The Balaban J connectivity index is 1.38. The fourth-order valence-electron chi connectivity index (χ4n) is 4.61. The molecule has 11 heteroatoms. The molecule has 5 rings (SSSR count). The smallest absolute Gasteiger partial charge is 0.254 e. The summed E-state index contributed by atoms with van der Waals surface area (Å²) in [5.41, 5.74) is 7.39. The maximum absolute atomic E-state index is 14.1. The molecule has 1 saturated heterocycles. The predicted octanol–water partition coefficient (Wildman–Crippen LogP) is 2.81. The van der Waals surface area contributed by atoms with Crippen LogP contribution in [0, 0.1) is 17.3 Å².